The summed E-state index contributed by atoms with van der Waals surface area (Å²) in [5, 5.41) is 11.1. The fourth-order valence-corrected chi connectivity index (χ4v) is 3.83. The minimum Gasteiger partial charge on any atom is -0.347 e. The molecule has 1 aromatic heterocycles. The van der Waals surface area contributed by atoms with Gasteiger partial charge < -0.3 is 5.32 Å². The Morgan fingerprint density at radius 1 is 1.16 bits per heavy atom. The largest absolute Gasteiger partial charge is 0.347 e. The quantitative estimate of drug-likeness (QED) is 0.877. The molecule has 4 rings (SSSR count). The first-order valence-corrected chi connectivity index (χ1v) is 9.27. The molecule has 1 saturated carbocycles. The predicted molar refractivity (Wildman–Crippen MR) is 95.0 cm³/mol. The van der Waals surface area contributed by atoms with Gasteiger partial charge in [0.2, 0.25) is 0 Å². The van der Waals surface area contributed by atoms with Crippen LogP contribution in [0.4, 0.5) is 0 Å². The van der Waals surface area contributed by atoms with Crippen molar-refractivity contribution >= 4 is 5.91 Å². The highest BCUT2D eigenvalue weighted by Gasteiger charge is 2.34. The topological polar surface area (TPSA) is 63.1 Å². The average Bonchev–Trinajstić information content (AvgIpc) is 3.23. The van der Waals surface area contributed by atoms with Crippen LogP contribution in [0, 0.1) is 0 Å². The highest BCUT2D eigenvalue weighted by atomic mass is 16.2. The number of amides is 1. The molecule has 1 aromatic carbocycles. The Labute approximate surface area is 148 Å². The SMILES string of the molecule is O=C(NCc1ccccc1)c1cn(C[C@@H]2CCCN2C2CCC2)nn1. The molecule has 6 nitrogen and oxygen atoms in total. The van der Waals surface area contributed by atoms with E-state index in [0.717, 1.165) is 18.2 Å². The van der Waals surface area contributed by atoms with Crippen LogP contribution in [-0.4, -0.2) is 44.4 Å². The van der Waals surface area contributed by atoms with Gasteiger partial charge in [0, 0.05) is 18.6 Å². The number of aromatic nitrogens is 3. The van der Waals surface area contributed by atoms with Crippen LogP contribution in [0.1, 0.15) is 48.2 Å². The number of nitrogens with zero attached hydrogens (tertiary/aromatic N) is 4. The molecule has 0 unspecified atom stereocenters. The van der Waals surface area contributed by atoms with Gasteiger partial charge >= 0.3 is 0 Å². The van der Waals surface area contributed by atoms with E-state index in [4.69, 9.17) is 0 Å². The van der Waals surface area contributed by atoms with Gasteiger partial charge in [-0.25, -0.2) is 0 Å². The van der Waals surface area contributed by atoms with E-state index in [1.165, 1.54) is 38.6 Å². The molecule has 25 heavy (non-hydrogen) atoms. The second-order valence-corrected chi connectivity index (χ2v) is 7.11. The van der Waals surface area contributed by atoms with Crippen LogP contribution in [0.5, 0.6) is 0 Å². The highest BCUT2D eigenvalue weighted by molar-refractivity contribution is 5.91. The number of rotatable bonds is 6. The maximum Gasteiger partial charge on any atom is 0.273 e. The number of likely N-dealkylation sites (tertiary alicyclic amines) is 1. The van der Waals surface area contributed by atoms with Crippen molar-refractivity contribution in [1.82, 2.24) is 25.2 Å². The minimum absolute atomic E-state index is 0.169. The second kappa shape index (κ2) is 7.35. The molecule has 0 radical (unpaired) electrons. The van der Waals surface area contributed by atoms with E-state index in [0.29, 0.717) is 18.3 Å². The van der Waals surface area contributed by atoms with E-state index in [1.54, 1.807) is 6.20 Å². The molecule has 2 fully saturated rings. The van der Waals surface area contributed by atoms with Gasteiger partial charge in [-0.3, -0.25) is 14.4 Å². The average molecular weight is 339 g/mol. The molecular weight excluding hydrogens is 314 g/mol. The molecule has 132 valence electrons. The van der Waals surface area contributed by atoms with Crippen molar-refractivity contribution in [2.75, 3.05) is 6.54 Å². The Hall–Kier alpha value is -2.21. The van der Waals surface area contributed by atoms with E-state index in [9.17, 15) is 4.79 Å². The molecule has 1 amide bonds. The number of hydrogen-bond donors (Lipinski definition) is 1. The van der Waals surface area contributed by atoms with Crippen LogP contribution in [-0.2, 0) is 13.1 Å². The van der Waals surface area contributed by atoms with Gasteiger partial charge in [-0.05, 0) is 37.8 Å². The summed E-state index contributed by atoms with van der Waals surface area (Å²) in [6, 6.07) is 11.2. The number of hydrogen-bond acceptors (Lipinski definition) is 4. The Morgan fingerprint density at radius 2 is 2.00 bits per heavy atom. The van der Waals surface area contributed by atoms with Crippen LogP contribution in [0.25, 0.3) is 0 Å². The maximum atomic E-state index is 12.3. The number of carbonyl (C=O) groups excluding carboxylic acids is 1. The van der Waals surface area contributed by atoms with Crippen LogP contribution in [0.2, 0.25) is 0 Å². The molecule has 2 aromatic rings. The number of benzene rings is 1. The summed E-state index contributed by atoms with van der Waals surface area (Å²) >= 11 is 0. The number of carbonyl (C=O) groups is 1. The van der Waals surface area contributed by atoms with Crippen LogP contribution < -0.4 is 5.32 Å². The lowest BCUT2D eigenvalue weighted by molar-refractivity contribution is 0.0945. The summed E-state index contributed by atoms with van der Waals surface area (Å²) in [4.78, 5) is 14.9. The van der Waals surface area contributed by atoms with E-state index in [-0.39, 0.29) is 5.91 Å². The lowest BCUT2D eigenvalue weighted by atomic mass is 9.91. The van der Waals surface area contributed by atoms with Gasteiger partial charge in [0.1, 0.15) is 0 Å². The summed E-state index contributed by atoms with van der Waals surface area (Å²) in [5.41, 5.74) is 1.47. The summed E-state index contributed by atoms with van der Waals surface area (Å²) < 4.78 is 1.83. The van der Waals surface area contributed by atoms with E-state index in [2.05, 4.69) is 20.5 Å². The monoisotopic (exact) mass is 339 g/mol. The third-order valence-corrected chi connectivity index (χ3v) is 5.43. The van der Waals surface area contributed by atoms with Gasteiger partial charge in [-0.2, -0.15) is 0 Å². The summed E-state index contributed by atoms with van der Waals surface area (Å²) in [6.07, 6.45) is 8.29. The fourth-order valence-electron chi connectivity index (χ4n) is 3.83. The molecule has 0 spiro atoms. The van der Waals surface area contributed by atoms with Crippen molar-refractivity contribution in [3.8, 4) is 0 Å². The zero-order valence-corrected chi connectivity index (χ0v) is 14.5. The molecular formula is C19H25N5O. The number of nitrogens with one attached hydrogen (secondary N) is 1. The molecule has 1 saturated heterocycles. The Kier molecular flexibility index (Phi) is 4.78. The smallest absolute Gasteiger partial charge is 0.273 e. The predicted octanol–water partition coefficient (Wildman–Crippen LogP) is 2.22. The third-order valence-electron chi connectivity index (χ3n) is 5.43. The standard InChI is InChI=1S/C19H25N5O/c25-19(20-12-15-6-2-1-3-7-15)18-14-23(22-21-18)13-17-10-5-11-24(17)16-8-4-9-16/h1-3,6-7,14,16-17H,4-5,8-13H2,(H,20,25)/t17-/m0/s1. The fraction of sp³-hybridized carbons (Fsp3) is 0.526. The molecule has 2 aliphatic rings. The molecule has 1 aliphatic heterocycles. The lowest BCUT2D eigenvalue weighted by Gasteiger charge is -2.38. The molecule has 1 atom stereocenters. The van der Waals surface area contributed by atoms with E-state index in [1.807, 2.05) is 35.0 Å². The molecule has 1 N–H and O–H groups in total. The third kappa shape index (κ3) is 3.74. The highest BCUT2D eigenvalue weighted by Crippen LogP contribution is 2.31. The van der Waals surface area contributed by atoms with Crippen molar-refractivity contribution in [1.29, 1.82) is 0 Å². The molecule has 0 bridgehead atoms. The van der Waals surface area contributed by atoms with Gasteiger partial charge in [0.15, 0.2) is 5.69 Å². The summed E-state index contributed by atoms with van der Waals surface area (Å²) in [6.45, 7) is 2.54. The molecule has 6 heteroatoms. The van der Waals surface area contributed by atoms with Crippen LogP contribution in [0.3, 0.4) is 0 Å². The zero-order chi connectivity index (χ0) is 17.1. The van der Waals surface area contributed by atoms with Gasteiger partial charge in [0.05, 0.1) is 12.7 Å². The minimum atomic E-state index is -0.169. The van der Waals surface area contributed by atoms with Crippen molar-refractivity contribution in [2.45, 2.75) is 57.3 Å². The molecule has 1 aliphatic carbocycles. The summed E-state index contributed by atoms with van der Waals surface area (Å²) in [5.74, 6) is -0.169. The Bertz CT molecular complexity index is 710. The normalized spacial score (nSPS) is 21.2. The van der Waals surface area contributed by atoms with Crippen molar-refractivity contribution in [2.24, 2.45) is 0 Å². The Morgan fingerprint density at radius 3 is 2.76 bits per heavy atom. The van der Waals surface area contributed by atoms with Crippen LogP contribution in [0.15, 0.2) is 36.5 Å². The molecule has 2 heterocycles. The van der Waals surface area contributed by atoms with Gasteiger partial charge in [-0.1, -0.05) is 42.0 Å². The first kappa shape index (κ1) is 16.3. The van der Waals surface area contributed by atoms with E-state index >= 15 is 0 Å². The van der Waals surface area contributed by atoms with E-state index < -0.39 is 0 Å². The Balaban J connectivity index is 1.32. The van der Waals surface area contributed by atoms with Gasteiger partial charge in [-0.15, -0.1) is 5.10 Å². The van der Waals surface area contributed by atoms with Crippen molar-refractivity contribution in [3.63, 3.8) is 0 Å². The maximum absolute atomic E-state index is 12.3. The first-order chi connectivity index (χ1) is 12.3. The second-order valence-electron chi connectivity index (χ2n) is 7.11. The zero-order valence-electron chi connectivity index (χ0n) is 14.5. The van der Waals surface area contributed by atoms with Crippen molar-refractivity contribution < 1.29 is 4.79 Å². The van der Waals surface area contributed by atoms with Crippen molar-refractivity contribution in [3.05, 3.63) is 47.8 Å². The first-order valence-electron chi connectivity index (χ1n) is 9.27. The summed E-state index contributed by atoms with van der Waals surface area (Å²) in [7, 11) is 0. The van der Waals surface area contributed by atoms with Crippen LogP contribution >= 0.6 is 0 Å². The lowest BCUT2D eigenvalue weighted by Crippen LogP contribution is -2.44. The van der Waals surface area contributed by atoms with Gasteiger partial charge in [0.25, 0.3) is 5.91 Å².